The van der Waals surface area contributed by atoms with E-state index in [0.29, 0.717) is 0 Å². The van der Waals surface area contributed by atoms with Crippen molar-refractivity contribution in [3.05, 3.63) is 9.67 Å². The maximum Gasteiger partial charge on any atom is 0.189 e. The second-order valence-electron chi connectivity index (χ2n) is 3.39. The maximum absolute atomic E-state index is 6.02. The predicted molar refractivity (Wildman–Crippen MR) is 102 cm³/mol. The summed E-state index contributed by atoms with van der Waals surface area (Å²) in [5.74, 6) is 0. The summed E-state index contributed by atoms with van der Waals surface area (Å²) >= 11 is 81.3. The summed E-state index contributed by atoms with van der Waals surface area (Å²) in [6.45, 7) is 0. The second kappa shape index (κ2) is 7.97. The van der Waals surface area contributed by atoms with E-state index in [1.165, 1.54) is 0 Å². The fraction of sp³-hybridized carbons (Fsp3) is 0.714. The van der Waals surface area contributed by atoms with Gasteiger partial charge in [-0.1, -0.05) is 162 Å². The Hall–Kier alpha value is 4.06. The zero-order chi connectivity index (χ0) is 17.7. The molecule has 0 saturated heterocycles. The van der Waals surface area contributed by atoms with Gasteiger partial charge in [0.1, 0.15) is 0 Å². The molecule has 0 N–H and O–H groups in total. The Morgan fingerprint density at radius 1 is 0.381 bits per heavy atom. The van der Waals surface area contributed by atoms with E-state index in [-0.39, 0.29) is 0 Å². The van der Waals surface area contributed by atoms with Gasteiger partial charge in [0.25, 0.3) is 0 Å². The van der Waals surface area contributed by atoms with E-state index in [0.717, 1.165) is 0 Å². The molecule has 0 aromatic heterocycles. The van der Waals surface area contributed by atoms with Crippen LogP contribution in [0.2, 0.25) is 0 Å². The van der Waals surface area contributed by atoms with Gasteiger partial charge in [-0.15, -0.1) is 0 Å². The number of alkyl halides is 10. The molecule has 0 aromatic rings. The van der Waals surface area contributed by atoms with Gasteiger partial charge in [0.2, 0.25) is 0 Å². The molecule has 0 aliphatic carbocycles. The first-order valence-electron chi connectivity index (χ1n) is 4.15. The van der Waals surface area contributed by atoms with Crippen LogP contribution in [-0.4, -0.2) is 21.7 Å². The van der Waals surface area contributed by atoms with Crippen LogP contribution in [0.15, 0.2) is 0 Å². The van der Waals surface area contributed by atoms with Gasteiger partial charge in [-0.25, -0.2) is 0 Å². The van der Waals surface area contributed by atoms with E-state index in [2.05, 4.69) is 0 Å². The Morgan fingerprint density at radius 3 is 0.714 bits per heavy atom. The minimum atomic E-state index is -2.68. The van der Waals surface area contributed by atoms with Crippen molar-refractivity contribution in [2.24, 2.45) is 0 Å². The summed E-state index contributed by atoms with van der Waals surface area (Å²) < 4.78 is -12.8. The van der Waals surface area contributed by atoms with Gasteiger partial charge in [0.15, 0.2) is 31.3 Å². The molecule has 0 bridgehead atoms. The van der Waals surface area contributed by atoms with Crippen molar-refractivity contribution < 1.29 is 0 Å². The summed E-state index contributed by atoms with van der Waals surface area (Å²) in [4.78, 5) is -1.41. The average Bonchev–Trinajstić information content (AvgIpc) is 2.27. The van der Waals surface area contributed by atoms with Gasteiger partial charge in [0, 0.05) is 0 Å². The van der Waals surface area contributed by atoms with Crippen molar-refractivity contribution in [3.8, 4) is 0 Å². The summed E-state index contributed by atoms with van der Waals surface area (Å²) in [5, 5.41) is 0. The van der Waals surface area contributed by atoms with Crippen molar-refractivity contribution in [3.63, 3.8) is 0 Å². The Balaban J connectivity index is 6.09. The monoisotopic (exact) mass is 574 g/mol. The van der Waals surface area contributed by atoms with Gasteiger partial charge >= 0.3 is 0 Å². The number of halogens is 14. The largest absolute Gasteiger partial charge is 0.189 e. The highest BCUT2D eigenvalue weighted by atomic mass is 35.6. The Morgan fingerprint density at radius 2 is 0.571 bits per heavy atom. The molecular formula is C7Cl14. The van der Waals surface area contributed by atoms with Crippen LogP contribution >= 0.6 is 162 Å². The van der Waals surface area contributed by atoms with Gasteiger partial charge in [-0.3, -0.25) is 0 Å². The van der Waals surface area contributed by atoms with Crippen LogP contribution in [-0.2, 0) is 0 Å². The highest BCUT2D eigenvalue weighted by Crippen LogP contribution is 2.69. The molecule has 0 saturated carbocycles. The third kappa shape index (κ3) is 4.32. The SMILES string of the molecule is Cl[C](Cl)C(Cl)(Cl)C(Cl)(Cl)C(Cl)(Cl)C(Cl)(Cl)C(Cl)(Cl)[C](Cl)Cl. The minimum absolute atomic E-state index is 0.707. The van der Waals surface area contributed by atoms with Crippen molar-refractivity contribution in [1.29, 1.82) is 0 Å². The smallest absolute Gasteiger partial charge is 0.0946 e. The van der Waals surface area contributed by atoms with Gasteiger partial charge in [-0.05, 0) is 0 Å². The van der Waals surface area contributed by atoms with Gasteiger partial charge < -0.3 is 0 Å². The molecule has 21 heavy (non-hydrogen) atoms. The van der Waals surface area contributed by atoms with E-state index in [1.54, 1.807) is 0 Å². The molecule has 0 fully saturated rings. The normalized spacial score (nSPS) is 16.0. The van der Waals surface area contributed by atoms with Crippen LogP contribution in [0.4, 0.5) is 0 Å². The van der Waals surface area contributed by atoms with E-state index >= 15 is 0 Å². The highest BCUT2D eigenvalue weighted by molar-refractivity contribution is 6.80. The molecule has 0 amide bonds. The zero-order valence-corrected chi connectivity index (χ0v) is 19.4. The van der Waals surface area contributed by atoms with Gasteiger partial charge in [0.05, 0.1) is 0 Å². The van der Waals surface area contributed by atoms with Gasteiger partial charge in [-0.2, -0.15) is 0 Å². The average molecular weight is 580 g/mol. The Kier molecular flexibility index (Phi) is 9.51. The van der Waals surface area contributed by atoms with Crippen LogP contribution in [0.3, 0.4) is 0 Å². The molecule has 0 aliphatic rings. The lowest BCUT2D eigenvalue weighted by Crippen LogP contribution is -2.63. The topological polar surface area (TPSA) is 0 Å². The fourth-order valence-corrected chi connectivity index (χ4v) is 4.44. The molecule has 126 valence electrons. The van der Waals surface area contributed by atoms with Crippen molar-refractivity contribution in [1.82, 2.24) is 0 Å². The number of hydrogen-bond acceptors (Lipinski definition) is 0. The molecular weight excluding hydrogens is 580 g/mol. The lowest BCUT2D eigenvalue weighted by Gasteiger charge is -2.49. The number of rotatable bonds is 6. The van der Waals surface area contributed by atoms with Crippen LogP contribution in [0.5, 0.6) is 0 Å². The summed E-state index contributed by atoms with van der Waals surface area (Å²) in [6, 6.07) is 0. The third-order valence-electron chi connectivity index (χ3n) is 2.05. The minimum Gasteiger partial charge on any atom is -0.0946 e. The quantitative estimate of drug-likeness (QED) is 0.276. The molecule has 0 aliphatic heterocycles. The Labute approximate surface area is 191 Å². The standard InChI is InChI=1S/C7Cl14/c8-1(9)3(12,13)5(16,17)7(20,21)6(18,19)4(14,15)2(10)11. The number of hydrogen-bond donors (Lipinski definition) is 0. The molecule has 0 aromatic carbocycles. The molecule has 0 unspecified atom stereocenters. The first kappa shape index (κ1) is 25.1. The zero-order valence-electron chi connectivity index (χ0n) is 8.79. The molecule has 0 rings (SSSR count). The molecule has 2 radical (unpaired) electrons. The third-order valence-corrected chi connectivity index (χ3v) is 10.8. The lowest BCUT2D eigenvalue weighted by atomic mass is 10.1. The van der Waals surface area contributed by atoms with Crippen LogP contribution in [0, 0.1) is 9.67 Å². The summed E-state index contributed by atoms with van der Waals surface area (Å²) in [6.07, 6.45) is 0. The van der Waals surface area contributed by atoms with Crippen molar-refractivity contribution in [2.75, 3.05) is 0 Å². The van der Waals surface area contributed by atoms with Crippen LogP contribution in [0.25, 0.3) is 0 Å². The molecule has 0 nitrogen and oxygen atoms in total. The molecule has 0 atom stereocenters. The fourth-order valence-electron chi connectivity index (χ4n) is 0.829. The first-order valence-corrected chi connectivity index (χ1v) is 9.44. The van der Waals surface area contributed by atoms with Crippen molar-refractivity contribution >= 4 is 162 Å². The lowest BCUT2D eigenvalue weighted by molar-refractivity contribution is 0.537. The second-order valence-corrected chi connectivity index (χ2v) is 11.9. The van der Waals surface area contributed by atoms with E-state index in [9.17, 15) is 0 Å². The first-order chi connectivity index (χ1) is 8.89. The Bertz CT molecular complexity index is 334. The van der Waals surface area contributed by atoms with E-state index in [4.69, 9.17) is 162 Å². The van der Waals surface area contributed by atoms with Crippen LogP contribution in [0.1, 0.15) is 0 Å². The molecule has 0 heterocycles. The maximum atomic E-state index is 6.02. The highest BCUT2D eigenvalue weighted by Gasteiger charge is 2.75. The predicted octanol–water partition coefficient (Wildman–Crippen LogP) is 8.79. The van der Waals surface area contributed by atoms with Crippen molar-refractivity contribution in [2.45, 2.75) is 21.7 Å². The summed E-state index contributed by atoms with van der Waals surface area (Å²) in [5.41, 5.74) is 0. The van der Waals surface area contributed by atoms with Crippen LogP contribution < -0.4 is 0 Å². The molecule has 0 spiro atoms. The van der Waals surface area contributed by atoms with E-state index < -0.39 is 31.3 Å². The van der Waals surface area contributed by atoms with E-state index in [1.807, 2.05) is 0 Å². The molecule has 14 heteroatoms. The summed E-state index contributed by atoms with van der Waals surface area (Å²) in [7, 11) is 0.